The third kappa shape index (κ3) is 17.5. The fourth-order valence-corrected chi connectivity index (χ4v) is 3.32. The van der Waals surface area contributed by atoms with Crippen molar-refractivity contribution in [3.63, 3.8) is 0 Å². The molecule has 1 unspecified atom stereocenters. The van der Waals surface area contributed by atoms with E-state index in [9.17, 15) is 9.59 Å². The highest BCUT2D eigenvalue weighted by Crippen LogP contribution is 2.16. The number of unbranched alkanes of at least 4 members (excludes halogenated alkanes) is 6. The molecule has 0 heterocycles. The van der Waals surface area contributed by atoms with Crippen LogP contribution in [-0.4, -0.2) is 55.5 Å². The maximum atomic E-state index is 12.1. The van der Waals surface area contributed by atoms with E-state index < -0.39 is 6.16 Å². The van der Waals surface area contributed by atoms with E-state index in [4.69, 9.17) is 14.2 Å². The molecule has 0 aromatic heterocycles. The minimum Gasteiger partial charge on any atom is -0.463 e. The molecule has 0 saturated carbocycles. The number of rotatable bonds is 19. The molecule has 30 heavy (non-hydrogen) atoms. The highest BCUT2D eigenvalue weighted by molar-refractivity contribution is 5.69. The van der Waals surface area contributed by atoms with Gasteiger partial charge in [0.05, 0.1) is 12.7 Å². The lowest BCUT2D eigenvalue weighted by atomic mass is 10.0. The van der Waals surface area contributed by atoms with E-state index >= 15 is 0 Å². The Morgan fingerprint density at radius 3 is 2.10 bits per heavy atom. The van der Waals surface area contributed by atoms with Gasteiger partial charge in [0.1, 0.15) is 6.10 Å². The number of hydrogen-bond acceptors (Lipinski definition) is 6. The van der Waals surface area contributed by atoms with E-state index in [1.807, 2.05) is 13.8 Å². The largest absolute Gasteiger partial charge is 0.508 e. The normalized spacial score (nSPS) is 12.2. The molecular formula is C24H47NO5. The molecule has 0 aromatic carbocycles. The van der Waals surface area contributed by atoms with E-state index in [1.54, 1.807) is 0 Å². The van der Waals surface area contributed by atoms with Gasteiger partial charge in [-0.3, -0.25) is 4.79 Å². The fourth-order valence-electron chi connectivity index (χ4n) is 3.32. The molecule has 0 N–H and O–H groups in total. The quantitative estimate of drug-likeness (QED) is 0.182. The molecule has 0 aliphatic heterocycles. The van der Waals surface area contributed by atoms with Crippen molar-refractivity contribution in [2.24, 2.45) is 0 Å². The monoisotopic (exact) mass is 429 g/mol. The van der Waals surface area contributed by atoms with Crippen molar-refractivity contribution in [1.82, 2.24) is 4.90 Å². The van der Waals surface area contributed by atoms with Gasteiger partial charge in [-0.1, -0.05) is 52.9 Å². The topological polar surface area (TPSA) is 65.1 Å². The van der Waals surface area contributed by atoms with Gasteiger partial charge < -0.3 is 19.1 Å². The summed E-state index contributed by atoms with van der Waals surface area (Å²) in [5.41, 5.74) is 0. The molecule has 6 heteroatoms. The maximum absolute atomic E-state index is 12.1. The van der Waals surface area contributed by atoms with Gasteiger partial charge in [0.2, 0.25) is 0 Å². The number of esters is 1. The zero-order valence-corrected chi connectivity index (χ0v) is 20.2. The summed E-state index contributed by atoms with van der Waals surface area (Å²) in [5.74, 6) is -0.244. The van der Waals surface area contributed by atoms with E-state index in [0.717, 1.165) is 51.7 Å². The van der Waals surface area contributed by atoms with Crippen LogP contribution in [0.5, 0.6) is 0 Å². The Labute approximate surface area is 185 Å². The van der Waals surface area contributed by atoms with E-state index in [1.165, 1.54) is 25.7 Å². The summed E-state index contributed by atoms with van der Waals surface area (Å²) < 4.78 is 16.0. The van der Waals surface area contributed by atoms with Crippen molar-refractivity contribution in [1.29, 1.82) is 0 Å². The molecule has 6 nitrogen and oxygen atoms in total. The first-order valence-corrected chi connectivity index (χ1v) is 12.2. The molecule has 178 valence electrons. The summed E-state index contributed by atoms with van der Waals surface area (Å²) >= 11 is 0. The summed E-state index contributed by atoms with van der Waals surface area (Å²) in [6.45, 7) is 13.6. The molecule has 1 atom stereocenters. The van der Waals surface area contributed by atoms with Gasteiger partial charge in [-0.15, -0.1) is 0 Å². The highest BCUT2D eigenvalue weighted by atomic mass is 16.7. The number of carbonyl (C=O) groups is 2. The Bertz CT molecular complexity index is 424. The van der Waals surface area contributed by atoms with E-state index in [2.05, 4.69) is 25.7 Å². The van der Waals surface area contributed by atoms with Crippen molar-refractivity contribution < 1.29 is 23.8 Å². The first-order chi connectivity index (χ1) is 14.4. The molecule has 0 saturated heterocycles. The number of ether oxygens (including phenoxy) is 3. The second-order valence-electron chi connectivity index (χ2n) is 8.21. The Balaban J connectivity index is 4.24. The predicted octanol–water partition coefficient (Wildman–Crippen LogP) is 6.11. The van der Waals surface area contributed by atoms with Crippen molar-refractivity contribution in [3.8, 4) is 0 Å². The molecule has 0 aliphatic carbocycles. The first-order valence-electron chi connectivity index (χ1n) is 12.2. The van der Waals surface area contributed by atoms with Crippen LogP contribution in [0.4, 0.5) is 4.79 Å². The lowest BCUT2D eigenvalue weighted by Gasteiger charge is -2.19. The van der Waals surface area contributed by atoms with Gasteiger partial charge in [-0.05, 0) is 65.6 Å². The van der Waals surface area contributed by atoms with Crippen molar-refractivity contribution in [2.45, 2.75) is 117 Å². The van der Waals surface area contributed by atoms with Crippen LogP contribution in [0.15, 0.2) is 0 Å². The van der Waals surface area contributed by atoms with Crippen LogP contribution in [-0.2, 0) is 19.0 Å². The molecule has 0 fully saturated rings. The van der Waals surface area contributed by atoms with Gasteiger partial charge in [-0.2, -0.15) is 0 Å². The van der Waals surface area contributed by atoms with Crippen LogP contribution in [0.1, 0.15) is 105 Å². The van der Waals surface area contributed by atoms with Crippen LogP contribution >= 0.6 is 0 Å². The molecule has 0 aliphatic rings. The summed E-state index contributed by atoms with van der Waals surface area (Å²) in [6, 6.07) is 0. The zero-order chi connectivity index (χ0) is 22.6. The molecule has 0 radical (unpaired) electrons. The third-order valence-corrected chi connectivity index (χ3v) is 5.16. The van der Waals surface area contributed by atoms with Crippen molar-refractivity contribution in [3.05, 3.63) is 0 Å². The van der Waals surface area contributed by atoms with Gasteiger partial charge in [0, 0.05) is 6.42 Å². The minimum atomic E-state index is -0.619. The average Bonchev–Trinajstić information content (AvgIpc) is 2.70. The maximum Gasteiger partial charge on any atom is 0.508 e. The summed E-state index contributed by atoms with van der Waals surface area (Å²) in [4.78, 5) is 26.3. The second kappa shape index (κ2) is 19.7. The lowest BCUT2D eigenvalue weighted by Crippen LogP contribution is -2.24. The molecule has 0 bridgehead atoms. The van der Waals surface area contributed by atoms with Gasteiger partial charge >= 0.3 is 12.1 Å². The standard InChI is InChI=1S/C24H47NO5/c1-6-9-10-11-12-13-16-22(17-18-23(26)29-21(4)5)30-24(27)28-20-15-14-19-25(7-2)8-3/h21-22H,6-20H2,1-5H3. The van der Waals surface area contributed by atoms with Gasteiger partial charge in [-0.25, -0.2) is 4.79 Å². The number of hydrogen-bond donors (Lipinski definition) is 0. The van der Waals surface area contributed by atoms with Gasteiger partial charge in [0.25, 0.3) is 0 Å². The minimum absolute atomic E-state index is 0.128. The Morgan fingerprint density at radius 2 is 1.47 bits per heavy atom. The van der Waals surface area contributed by atoms with Crippen LogP contribution in [0.25, 0.3) is 0 Å². The molecule has 0 aromatic rings. The predicted molar refractivity (Wildman–Crippen MR) is 122 cm³/mol. The SMILES string of the molecule is CCCCCCCCC(CCC(=O)OC(C)C)OC(=O)OCCCCN(CC)CC. The van der Waals surface area contributed by atoms with Crippen LogP contribution in [0.2, 0.25) is 0 Å². The van der Waals surface area contributed by atoms with Gasteiger partial charge in [0.15, 0.2) is 0 Å². The fraction of sp³-hybridized carbons (Fsp3) is 0.917. The Hall–Kier alpha value is -1.30. The average molecular weight is 430 g/mol. The molecule has 0 spiro atoms. The summed E-state index contributed by atoms with van der Waals surface area (Å²) in [5, 5.41) is 0. The number of carbonyl (C=O) groups excluding carboxylic acids is 2. The summed E-state index contributed by atoms with van der Waals surface area (Å²) in [7, 11) is 0. The zero-order valence-electron chi connectivity index (χ0n) is 20.2. The van der Waals surface area contributed by atoms with Crippen LogP contribution in [0.3, 0.4) is 0 Å². The Morgan fingerprint density at radius 1 is 0.800 bits per heavy atom. The van der Waals surface area contributed by atoms with Crippen molar-refractivity contribution >= 4 is 12.1 Å². The lowest BCUT2D eigenvalue weighted by molar-refractivity contribution is -0.148. The Kier molecular flexibility index (Phi) is 18.8. The molecule has 0 amide bonds. The van der Waals surface area contributed by atoms with E-state index in [-0.39, 0.29) is 24.6 Å². The third-order valence-electron chi connectivity index (χ3n) is 5.16. The molecular weight excluding hydrogens is 382 g/mol. The second-order valence-corrected chi connectivity index (χ2v) is 8.21. The highest BCUT2D eigenvalue weighted by Gasteiger charge is 2.18. The molecule has 0 rings (SSSR count). The smallest absolute Gasteiger partial charge is 0.463 e. The summed E-state index contributed by atoms with van der Waals surface area (Å²) in [6.07, 6.45) is 9.34. The van der Waals surface area contributed by atoms with Crippen LogP contribution in [0, 0.1) is 0 Å². The van der Waals surface area contributed by atoms with Crippen molar-refractivity contribution in [2.75, 3.05) is 26.2 Å². The van der Waals surface area contributed by atoms with Crippen LogP contribution < -0.4 is 0 Å². The van der Waals surface area contributed by atoms with E-state index in [0.29, 0.717) is 13.0 Å². The first kappa shape index (κ1) is 28.7. The number of nitrogens with zero attached hydrogens (tertiary/aromatic N) is 1.